The molecule has 8 nitrogen and oxygen atoms in total. The number of rotatable bonds is 9. The molecule has 0 aliphatic carbocycles. The summed E-state index contributed by atoms with van der Waals surface area (Å²) in [4.78, 5) is 35.2. The van der Waals surface area contributed by atoms with Crippen LogP contribution in [0.4, 0.5) is 4.39 Å². The van der Waals surface area contributed by atoms with Gasteiger partial charge in [0.25, 0.3) is 5.56 Å². The van der Waals surface area contributed by atoms with Crippen molar-refractivity contribution in [2.24, 2.45) is 0 Å². The Balaban J connectivity index is 0.992. The number of fused-ring (bicyclic) bond motifs is 2. The monoisotopic (exact) mass is 574 g/mol. The van der Waals surface area contributed by atoms with Crippen LogP contribution in [0.15, 0.2) is 76.7 Å². The number of thioether (sulfide) groups is 1. The van der Waals surface area contributed by atoms with E-state index in [1.807, 2.05) is 35.2 Å². The fourth-order valence-corrected chi connectivity index (χ4v) is 6.19. The first-order valence-electron chi connectivity index (χ1n) is 13.8. The lowest BCUT2D eigenvalue weighted by Crippen LogP contribution is -2.48. The number of hydrogen-bond acceptors (Lipinski definition) is 7. The average Bonchev–Trinajstić information content (AvgIpc) is 3.46. The molecular formula is C31H31FN4O4S. The molecule has 2 aliphatic heterocycles. The number of para-hydroxylation sites is 1. The molecule has 1 aromatic heterocycles. The van der Waals surface area contributed by atoms with Crippen molar-refractivity contribution in [3.05, 3.63) is 88.5 Å². The zero-order chi connectivity index (χ0) is 28.2. The van der Waals surface area contributed by atoms with E-state index in [0.29, 0.717) is 33.9 Å². The van der Waals surface area contributed by atoms with E-state index in [-0.39, 0.29) is 24.1 Å². The lowest BCUT2D eigenvalue weighted by Gasteiger charge is -2.34. The van der Waals surface area contributed by atoms with E-state index >= 15 is 0 Å². The third-order valence-corrected chi connectivity index (χ3v) is 8.44. The molecule has 6 rings (SSSR count). The molecule has 0 atom stereocenters. The highest BCUT2D eigenvalue weighted by molar-refractivity contribution is 7.99. The highest BCUT2D eigenvalue weighted by atomic mass is 32.2. The van der Waals surface area contributed by atoms with Crippen molar-refractivity contribution in [2.75, 3.05) is 38.7 Å². The third-order valence-electron chi connectivity index (χ3n) is 7.41. The van der Waals surface area contributed by atoms with Crippen LogP contribution in [0.25, 0.3) is 16.6 Å². The Kier molecular flexibility index (Phi) is 8.20. The molecule has 1 amide bonds. The summed E-state index contributed by atoms with van der Waals surface area (Å²) >= 11 is 1.48. The Morgan fingerprint density at radius 3 is 2.54 bits per heavy atom. The summed E-state index contributed by atoms with van der Waals surface area (Å²) in [6, 6.07) is 19.1. The van der Waals surface area contributed by atoms with Gasteiger partial charge in [0.15, 0.2) is 16.7 Å². The zero-order valence-corrected chi connectivity index (χ0v) is 23.4. The van der Waals surface area contributed by atoms with Crippen LogP contribution >= 0.6 is 11.8 Å². The predicted octanol–water partition coefficient (Wildman–Crippen LogP) is 4.86. The number of nitrogens with zero attached hydrogens (tertiary/aromatic N) is 4. The number of amides is 1. The minimum absolute atomic E-state index is 0.183. The van der Waals surface area contributed by atoms with Crippen molar-refractivity contribution in [3.8, 4) is 17.2 Å². The second-order valence-electron chi connectivity index (χ2n) is 10.2. The van der Waals surface area contributed by atoms with Gasteiger partial charge in [0, 0.05) is 44.9 Å². The smallest absolute Gasteiger partial charge is 0.266 e. The molecule has 3 aromatic carbocycles. The maximum absolute atomic E-state index is 13.5. The molecule has 1 saturated heterocycles. The van der Waals surface area contributed by atoms with Crippen molar-refractivity contribution in [1.29, 1.82) is 0 Å². The van der Waals surface area contributed by atoms with Crippen LogP contribution in [-0.2, 0) is 11.3 Å². The lowest BCUT2D eigenvalue weighted by atomic mass is 10.1. The van der Waals surface area contributed by atoms with Gasteiger partial charge in [-0.25, -0.2) is 9.37 Å². The van der Waals surface area contributed by atoms with Crippen LogP contribution < -0.4 is 15.0 Å². The number of unbranched alkanes of at least 4 members (excludes halogenated alkanes) is 1. The molecule has 0 radical (unpaired) electrons. The highest BCUT2D eigenvalue weighted by Gasteiger charge is 2.22. The number of aromatic nitrogens is 2. The number of carbonyl (C=O) groups is 1. The van der Waals surface area contributed by atoms with Gasteiger partial charge in [-0.15, -0.1) is 0 Å². The number of hydrogen-bond donors (Lipinski definition) is 0. The molecule has 3 heterocycles. The number of carbonyl (C=O) groups excluding carboxylic acids is 1. The van der Waals surface area contributed by atoms with E-state index in [0.717, 1.165) is 57.1 Å². The van der Waals surface area contributed by atoms with Gasteiger partial charge < -0.3 is 14.4 Å². The molecule has 0 saturated carbocycles. The van der Waals surface area contributed by atoms with Crippen LogP contribution in [0.1, 0.15) is 24.8 Å². The fourth-order valence-electron chi connectivity index (χ4n) is 5.18. The first-order chi connectivity index (χ1) is 20.0. The summed E-state index contributed by atoms with van der Waals surface area (Å²) in [5.74, 6) is 2.12. The van der Waals surface area contributed by atoms with E-state index in [9.17, 15) is 14.0 Å². The third kappa shape index (κ3) is 6.23. The first kappa shape index (κ1) is 27.3. The van der Waals surface area contributed by atoms with Gasteiger partial charge in [0.2, 0.25) is 12.7 Å². The van der Waals surface area contributed by atoms with E-state index in [4.69, 9.17) is 14.5 Å². The summed E-state index contributed by atoms with van der Waals surface area (Å²) in [5, 5.41) is 1.08. The van der Waals surface area contributed by atoms with Gasteiger partial charge in [-0.2, -0.15) is 0 Å². The molecule has 1 fully saturated rings. The zero-order valence-electron chi connectivity index (χ0n) is 22.6. The molecule has 10 heteroatoms. The van der Waals surface area contributed by atoms with Crippen molar-refractivity contribution < 1.29 is 18.7 Å². The van der Waals surface area contributed by atoms with Gasteiger partial charge >= 0.3 is 0 Å². The van der Waals surface area contributed by atoms with Gasteiger partial charge in [-0.1, -0.05) is 30.0 Å². The van der Waals surface area contributed by atoms with E-state index in [1.54, 1.807) is 22.8 Å². The Morgan fingerprint density at radius 1 is 0.927 bits per heavy atom. The summed E-state index contributed by atoms with van der Waals surface area (Å²) < 4.78 is 26.0. The topological polar surface area (TPSA) is 76.9 Å². The molecule has 212 valence electrons. The second kappa shape index (κ2) is 12.3. The van der Waals surface area contributed by atoms with Crippen LogP contribution in [-0.4, -0.2) is 64.0 Å². The number of benzene rings is 3. The Hall–Kier alpha value is -3.89. The molecule has 4 aromatic rings. The molecule has 0 spiro atoms. The lowest BCUT2D eigenvalue weighted by molar-refractivity contribution is -0.133. The number of halogens is 1. The van der Waals surface area contributed by atoms with Gasteiger partial charge in [-0.05, 0) is 66.9 Å². The second-order valence-corrected chi connectivity index (χ2v) is 11.2. The summed E-state index contributed by atoms with van der Waals surface area (Å²) in [7, 11) is 0. The molecular weight excluding hydrogens is 543 g/mol. The largest absolute Gasteiger partial charge is 0.454 e. The Labute approximate surface area is 241 Å². The normalized spacial score (nSPS) is 15.0. The first-order valence-corrected chi connectivity index (χ1v) is 14.8. The van der Waals surface area contributed by atoms with E-state index in [1.165, 1.54) is 29.5 Å². The number of ether oxygens (including phenoxy) is 2. The van der Waals surface area contributed by atoms with Crippen LogP contribution in [0.3, 0.4) is 0 Å². The van der Waals surface area contributed by atoms with E-state index < -0.39 is 0 Å². The van der Waals surface area contributed by atoms with Crippen molar-refractivity contribution >= 4 is 28.6 Å². The predicted molar refractivity (Wildman–Crippen MR) is 156 cm³/mol. The summed E-state index contributed by atoms with van der Waals surface area (Å²) in [5.41, 5.74) is 2.20. The van der Waals surface area contributed by atoms with E-state index in [2.05, 4.69) is 11.0 Å². The minimum atomic E-state index is -0.361. The molecule has 0 bridgehead atoms. The van der Waals surface area contributed by atoms with Crippen molar-refractivity contribution in [3.63, 3.8) is 0 Å². The molecule has 0 N–H and O–H groups in total. The number of piperazine rings is 1. The Bertz CT molecular complexity index is 1600. The molecule has 0 unspecified atom stereocenters. The maximum atomic E-state index is 13.5. The van der Waals surface area contributed by atoms with Crippen LogP contribution in [0.2, 0.25) is 0 Å². The fraction of sp³-hybridized carbons (Fsp3) is 0.323. The summed E-state index contributed by atoms with van der Waals surface area (Å²) in [6.07, 6.45) is 2.07. The quantitative estimate of drug-likeness (QED) is 0.161. The van der Waals surface area contributed by atoms with Gasteiger partial charge in [-0.3, -0.25) is 19.1 Å². The molecule has 2 aliphatic rings. The molecule has 41 heavy (non-hydrogen) atoms. The SMILES string of the molecule is O=C(CCCCSc1nc2ccccc2c(=O)n1-c1ccc(F)cc1)N1CCN(Cc2ccc3c(c2)OCO3)CC1. The minimum Gasteiger partial charge on any atom is -0.454 e. The van der Waals surface area contributed by atoms with Crippen LogP contribution in [0, 0.1) is 5.82 Å². The van der Waals surface area contributed by atoms with Crippen LogP contribution in [0.5, 0.6) is 11.5 Å². The summed E-state index contributed by atoms with van der Waals surface area (Å²) in [6.45, 7) is 4.22. The highest BCUT2D eigenvalue weighted by Crippen LogP contribution is 2.33. The Morgan fingerprint density at radius 2 is 1.71 bits per heavy atom. The standard InChI is InChI=1S/C31H31FN4O4S/c32-23-9-11-24(12-10-23)36-30(38)25-5-1-2-6-26(25)33-31(36)41-18-4-3-7-29(37)35-16-14-34(15-17-35)20-22-8-13-27-28(19-22)40-21-39-27/h1-2,5-6,8-13,19H,3-4,7,14-18,20-21H2. The van der Waals surface area contributed by atoms with Crippen molar-refractivity contribution in [2.45, 2.75) is 31.0 Å². The average molecular weight is 575 g/mol. The maximum Gasteiger partial charge on any atom is 0.266 e. The van der Waals surface area contributed by atoms with Crippen molar-refractivity contribution in [1.82, 2.24) is 19.4 Å². The van der Waals surface area contributed by atoms with Gasteiger partial charge in [0.05, 0.1) is 16.6 Å². The van der Waals surface area contributed by atoms with Gasteiger partial charge in [0.1, 0.15) is 5.82 Å².